The Labute approximate surface area is 378 Å². The standard InChI is InChI=1S/C50H68O14/c1-8-9-10-12-37-14-16-38(17-15-37)30-60-42-21-18-39(19-22-42)40-20-23-45(41(29-40)13-11-26-59-46(53)35(2)3)61-31-50(32-62-47(54)36(4)5,33-63-48(55)43(51)24-27-57-6)34-64-49(56)44(52)25-28-58-7/h18-23,29,37-38H,2,4,8-17,24-28,30-34H2,1,3,5-7H3. The van der Waals surface area contributed by atoms with Gasteiger partial charge in [-0.05, 0) is 92.3 Å². The fraction of sp³-hybridized carbons (Fsp3) is 0.560. The molecular formula is C50H68O14. The fourth-order valence-electron chi connectivity index (χ4n) is 6.99. The number of methoxy groups -OCH3 is 2. The second-order valence-corrected chi connectivity index (χ2v) is 16.7. The number of carbonyl (C=O) groups excluding carboxylic acids is 6. The number of esters is 4. The molecule has 0 N–H and O–H groups in total. The molecule has 1 saturated carbocycles. The molecule has 0 heterocycles. The number of aryl methyl sites for hydroxylation is 1. The predicted molar refractivity (Wildman–Crippen MR) is 240 cm³/mol. The van der Waals surface area contributed by atoms with Gasteiger partial charge in [0.15, 0.2) is 0 Å². The van der Waals surface area contributed by atoms with E-state index in [9.17, 15) is 28.8 Å². The zero-order valence-electron chi connectivity index (χ0n) is 38.5. The molecule has 0 spiro atoms. The van der Waals surface area contributed by atoms with Crippen molar-refractivity contribution in [2.75, 3.05) is 67.1 Å². The number of hydrogen-bond acceptors (Lipinski definition) is 14. The summed E-state index contributed by atoms with van der Waals surface area (Å²) < 4.78 is 44.2. The molecule has 0 amide bonds. The molecule has 2 aromatic carbocycles. The minimum atomic E-state index is -1.63. The van der Waals surface area contributed by atoms with Gasteiger partial charge in [-0.1, -0.05) is 76.8 Å². The van der Waals surface area contributed by atoms with Crippen molar-refractivity contribution in [2.45, 2.75) is 97.8 Å². The van der Waals surface area contributed by atoms with E-state index in [1.165, 1.54) is 72.5 Å². The Morgan fingerprint density at radius 2 is 1.14 bits per heavy atom. The molecule has 1 aliphatic rings. The van der Waals surface area contributed by atoms with Crippen molar-refractivity contribution in [1.29, 1.82) is 0 Å². The summed E-state index contributed by atoms with van der Waals surface area (Å²) in [4.78, 5) is 75.4. The monoisotopic (exact) mass is 892 g/mol. The summed E-state index contributed by atoms with van der Waals surface area (Å²) in [6, 6.07) is 13.4. The second-order valence-electron chi connectivity index (χ2n) is 16.7. The van der Waals surface area contributed by atoms with E-state index in [2.05, 4.69) is 20.1 Å². The third kappa shape index (κ3) is 18.8. The van der Waals surface area contributed by atoms with Crippen LogP contribution in [0.1, 0.15) is 97.0 Å². The summed E-state index contributed by atoms with van der Waals surface area (Å²) in [5.74, 6) is -2.88. The lowest BCUT2D eigenvalue weighted by atomic mass is 9.80. The molecule has 3 rings (SSSR count). The zero-order valence-corrected chi connectivity index (χ0v) is 38.5. The molecule has 0 bridgehead atoms. The Bertz CT molecular complexity index is 1820. The molecule has 14 heteroatoms. The van der Waals surface area contributed by atoms with Gasteiger partial charge >= 0.3 is 23.9 Å². The normalized spacial score (nSPS) is 14.8. The summed E-state index contributed by atoms with van der Waals surface area (Å²) in [5.41, 5.74) is 1.19. The molecule has 0 unspecified atom stereocenters. The molecule has 0 saturated heterocycles. The van der Waals surface area contributed by atoms with E-state index in [4.69, 9.17) is 37.9 Å². The number of rotatable bonds is 31. The van der Waals surface area contributed by atoms with Crippen LogP contribution in [-0.2, 0) is 63.6 Å². The fourth-order valence-corrected chi connectivity index (χ4v) is 6.99. The molecular weight excluding hydrogens is 825 g/mol. The maximum absolute atomic E-state index is 12.8. The van der Waals surface area contributed by atoms with Crippen LogP contribution in [0, 0.1) is 17.3 Å². The lowest BCUT2D eigenvalue weighted by Crippen LogP contribution is -2.45. The first-order valence-corrected chi connectivity index (χ1v) is 22.2. The summed E-state index contributed by atoms with van der Waals surface area (Å²) in [5, 5.41) is 0. The average Bonchev–Trinajstić information content (AvgIpc) is 3.30. The van der Waals surface area contributed by atoms with Crippen LogP contribution in [0.3, 0.4) is 0 Å². The Kier molecular flexibility index (Phi) is 23.6. The van der Waals surface area contributed by atoms with Crippen molar-refractivity contribution in [1.82, 2.24) is 0 Å². The van der Waals surface area contributed by atoms with Crippen molar-refractivity contribution in [2.24, 2.45) is 17.3 Å². The van der Waals surface area contributed by atoms with Crippen molar-refractivity contribution >= 4 is 35.4 Å². The van der Waals surface area contributed by atoms with Gasteiger partial charge in [-0.3, -0.25) is 9.59 Å². The highest BCUT2D eigenvalue weighted by Crippen LogP contribution is 2.34. The third-order valence-corrected chi connectivity index (χ3v) is 11.0. The molecule has 1 aliphatic carbocycles. The maximum atomic E-state index is 12.8. The molecule has 2 aromatic rings. The van der Waals surface area contributed by atoms with Crippen LogP contribution in [0.15, 0.2) is 66.8 Å². The lowest BCUT2D eigenvalue weighted by molar-refractivity contribution is -0.169. The van der Waals surface area contributed by atoms with Crippen LogP contribution in [0.5, 0.6) is 11.5 Å². The average molecular weight is 893 g/mol. The van der Waals surface area contributed by atoms with E-state index in [0.717, 1.165) is 22.8 Å². The van der Waals surface area contributed by atoms with E-state index < -0.39 is 60.7 Å². The van der Waals surface area contributed by atoms with Gasteiger partial charge in [0.25, 0.3) is 0 Å². The molecule has 0 aliphatic heterocycles. The number of unbranched alkanes of at least 4 members (excludes halogenated alkanes) is 2. The van der Waals surface area contributed by atoms with Crippen molar-refractivity contribution < 1.29 is 66.7 Å². The quantitative estimate of drug-likeness (QED) is 0.0234. The molecule has 64 heavy (non-hydrogen) atoms. The minimum absolute atomic E-state index is 0.0250. The molecule has 1 fully saturated rings. The van der Waals surface area contributed by atoms with Crippen LogP contribution in [0.2, 0.25) is 0 Å². The van der Waals surface area contributed by atoms with Crippen molar-refractivity contribution in [3.63, 3.8) is 0 Å². The van der Waals surface area contributed by atoms with Gasteiger partial charge < -0.3 is 37.9 Å². The van der Waals surface area contributed by atoms with Crippen LogP contribution >= 0.6 is 0 Å². The smallest absolute Gasteiger partial charge is 0.374 e. The number of Topliss-reactive ketones (excluding diaryl/α,β-unsaturated/α-hetero) is 2. The van der Waals surface area contributed by atoms with E-state index >= 15 is 0 Å². The number of carbonyl (C=O) groups is 6. The van der Waals surface area contributed by atoms with Crippen LogP contribution < -0.4 is 9.47 Å². The number of ether oxygens (including phenoxy) is 8. The first kappa shape index (κ1) is 53.0. The Morgan fingerprint density at radius 3 is 1.69 bits per heavy atom. The zero-order chi connectivity index (χ0) is 46.9. The van der Waals surface area contributed by atoms with E-state index in [-0.39, 0.29) is 50.4 Å². The Morgan fingerprint density at radius 1 is 0.609 bits per heavy atom. The van der Waals surface area contributed by atoms with Crippen LogP contribution in [0.25, 0.3) is 11.1 Å². The highest BCUT2D eigenvalue weighted by molar-refractivity contribution is 6.34. The van der Waals surface area contributed by atoms with Crippen molar-refractivity contribution in [3.8, 4) is 22.6 Å². The van der Waals surface area contributed by atoms with Gasteiger partial charge in [0, 0.05) is 38.2 Å². The highest BCUT2D eigenvalue weighted by Gasteiger charge is 2.39. The topological polar surface area (TPSA) is 176 Å². The van der Waals surface area contributed by atoms with E-state index in [1.54, 1.807) is 13.0 Å². The number of benzene rings is 2. The van der Waals surface area contributed by atoms with Crippen LogP contribution in [-0.4, -0.2) is 103 Å². The first-order valence-electron chi connectivity index (χ1n) is 22.2. The van der Waals surface area contributed by atoms with Gasteiger partial charge in [-0.25, -0.2) is 19.2 Å². The maximum Gasteiger partial charge on any atom is 0.374 e. The minimum Gasteiger partial charge on any atom is -0.493 e. The van der Waals surface area contributed by atoms with E-state index in [1.807, 2.05) is 36.4 Å². The van der Waals surface area contributed by atoms with Gasteiger partial charge in [0.2, 0.25) is 11.6 Å². The highest BCUT2D eigenvalue weighted by atomic mass is 16.6. The van der Waals surface area contributed by atoms with Gasteiger partial charge in [0.1, 0.15) is 43.3 Å². The van der Waals surface area contributed by atoms with E-state index in [0.29, 0.717) is 36.7 Å². The molecule has 0 radical (unpaired) electrons. The second kappa shape index (κ2) is 28.5. The SMILES string of the molecule is C=C(C)C(=O)OCCCc1cc(-c2ccc(OCC3CCC(CCCCC)CC3)cc2)ccc1OCC(COC(=O)C(=C)C)(COC(=O)C(=O)CCOC)COC(=O)C(=O)CCOC. The van der Waals surface area contributed by atoms with Crippen molar-refractivity contribution in [3.05, 3.63) is 72.3 Å². The molecule has 14 nitrogen and oxygen atoms in total. The predicted octanol–water partition coefficient (Wildman–Crippen LogP) is 7.95. The largest absolute Gasteiger partial charge is 0.493 e. The lowest BCUT2D eigenvalue weighted by Gasteiger charge is -2.32. The first-order chi connectivity index (χ1) is 30.7. The van der Waals surface area contributed by atoms with Crippen LogP contribution in [0.4, 0.5) is 0 Å². The molecule has 352 valence electrons. The molecule has 0 atom stereocenters. The van der Waals surface area contributed by atoms with Gasteiger partial charge in [-0.2, -0.15) is 0 Å². The Hall–Kier alpha value is -5.34. The molecule has 0 aromatic heterocycles. The van der Waals surface area contributed by atoms with Gasteiger partial charge in [0.05, 0.1) is 26.4 Å². The third-order valence-electron chi connectivity index (χ3n) is 11.0. The van der Waals surface area contributed by atoms with Gasteiger partial charge in [-0.15, -0.1) is 0 Å². The summed E-state index contributed by atoms with van der Waals surface area (Å²) in [6.45, 7) is 11.1. The Balaban J connectivity index is 1.89. The summed E-state index contributed by atoms with van der Waals surface area (Å²) in [6.07, 6.45) is 10.4. The number of hydrogen-bond donors (Lipinski definition) is 0. The summed E-state index contributed by atoms with van der Waals surface area (Å²) in [7, 11) is 2.75. The number of ketones is 2. The summed E-state index contributed by atoms with van der Waals surface area (Å²) >= 11 is 0.